The summed E-state index contributed by atoms with van der Waals surface area (Å²) in [7, 11) is 1.99. The van der Waals surface area contributed by atoms with Crippen molar-refractivity contribution in [3.05, 3.63) is 0 Å². The maximum atomic E-state index is 13.0. The molecule has 0 bridgehead atoms. The van der Waals surface area contributed by atoms with Crippen molar-refractivity contribution in [1.29, 1.82) is 0 Å². The van der Waals surface area contributed by atoms with E-state index in [1.807, 2.05) is 14.0 Å². The van der Waals surface area contributed by atoms with Crippen LogP contribution in [0.15, 0.2) is 0 Å². The summed E-state index contributed by atoms with van der Waals surface area (Å²) >= 11 is 0. The Morgan fingerprint density at radius 1 is 1.50 bits per heavy atom. The highest BCUT2D eigenvalue weighted by atomic mass is 19.1. The predicted molar refractivity (Wildman–Crippen MR) is 40.8 cm³/mol. The van der Waals surface area contributed by atoms with Crippen molar-refractivity contribution < 1.29 is 4.39 Å². The lowest BCUT2D eigenvalue weighted by atomic mass is 10.0. The zero-order chi connectivity index (χ0) is 7.56. The molecule has 2 atom stereocenters. The Hall–Kier alpha value is -0.110. The van der Waals surface area contributed by atoms with Gasteiger partial charge in [0, 0.05) is 6.54 Å². The minimum Gasteiger partial charge on any atom is -0.303 e. The maximum absolute atomic E-state index is 13.0. The van der Waals surface area contributed by atoms with Crippen LogP contribution in [-0.4, -0.2) is 31.2 Å². The topological polar surface area (TPSA) is 3.24 Å². The molecule has 0 spiro atoms. The molecule has 0 N–H and O–H groups in total. The average molecular weight is 145 g/mol. The molecule has 1 fully saturated rings. The number of likely N-dealkylation sites (tertiary alicyclic amines) is 1. The molecule has 1 saturated heterocycles. The lowest BCUT2D eigenvalue weighted by Crippen LogP contribution is -2.27. The first-order valence-corrected chi connectivity index (χ1v) is 4.03. The van der Waals surface area contributed by atoms with Crippen molar-refractivity contribution in [2.45, 2.75) is 25.9 Å². The molecular formula is C8H16FN. The molecule has 10 heavy (non-hydrogen) atoms. The van der Waals surface area contributed by atoms with E-state index in [9.17, 15) is 4.39 Å². The van der Waals surface area contributed by atoms with Gasteiger partial charge in [-0.15, -0.1) is 0 Å². The van der Waals surface area contributed by atoms with E-state index >= 15 is 0 Å². The van der Waals surface area contributed by atoms with E-state index in [-0.39, 0.29) is 5.92 Å². The molecule has 0 amide bonds. The van der Waals surface area contributed by atoms with Crippen LogP contribution in [-0.2, 0) is 0 Å². The Labute approximate surface area is 62.2 Å². The van der Waals surface area contributed by atoms with Crippen molar-refractivity contribution in [2.75, 3.05) is 20.1 Å². The van der Waals surface area contributed by atoms with E-state index in [1.54, 1.807) is 0 Å². The van der Waals surface area contributed by atoms with Crippen molar-refractivity contribution >= 4 is 0 Å². The van der Waals surface area contributed by atoms with Gasteiger partial charge in [-0.3, -0.25) is 0 Å². The molecule has 1 aliphatic heterocycles. The van der Waals surface area contributed by atoms with E-state index in [2.05, 4.69) is 4.90 Å². The summed E-state index contributed by atoms with van der Waals surface area (Å²) < 4.78 is 13.0. The number of nitrogens with zero attached hydrogens (tertiary/aromatic N) is 1. The van der Waals surface area contributed by atoms with Crippen LogP contribution in [0, 0.1) is 5.92 Å². The smallest absolute Gasteiger partial charge is 0.115 e. The lowest BCUT2D eigenvalue weighted by molar-refractivity contribution is 0.195. The van der Waals surface area contributed by atoms with Crippen molar-refractivity contribution in [2.24, 2.45) is 5.92 Å². The van der Waals surface area contributed by atoms with Gasteiger partial charge in [-0.2, -0.15) is 0 Å². The molecule has 1 unspecified atom stereocenters. The number of alkyl halides is 1. The standard InChI is InChI=1S/C8H16FN/c1-7-4-3-5-10(2)6-8(7)9/h7-8H,3-6H2,1-2H3/t7?,8-/m1/s1. The largest absolute Gasteiger partial charge is 0.303 e. The van der Waals surface area contributed by atoms with Gasteiger partial charge in [0.2, 0.25) is 0 Å². The van der Waals surface area contributed by atoms with E-state index < -0.39 is 6.17 Å². The first-order chi connectivity index (χ1) is 4.70. The quantitative estimate of drug-likeness (QED) is 0.501. The second-order valence-corrected chi connectivity index (χ2v) is 3.40. The molecule has 0 aliphatic carbocycles. The lowest BCUT2D eigenvalue weighted by Gasteiger charge is -2.16. The predicted octanol–water partition coefficient (Wildman–Crippen LogP) is 1.69. The molecule has 1 aliphatic rings. The van der Waals surface area contributed by atoms with Gasteiger partial charge in [0.05, 0.1) is 0 Å². The third kappa shape index (κ3) is 1.94. The molecular weight excluding hydrogens is 129 g/mol. The van der Waals surface area contributed by atoms with Gasteiger partial charge < -0.3 is 4.90 Å². The third-order valence-corrected chi connectivity index (χ3v) is 2.30. The van der Waals surface area contributed by atoms with Crippen molar-refractivity contribution in [3.63, 3.8) is 0 Å². The maximum Gasteiger partial charge on any atom is 0.115 e. The number of hydrogen-bond donors (Lipinski definition) is 0. The van der Waals surface area contributed by atoms with Gasteiger partial charge in [-0.05, 0) is 32.4 Å². The molecule has 1 rings (SSSR count). The Morgan fingerprint density at radius 2 is 2.20 bits per heavy atom. The van der Waals surface area contributed by atoms with Crippen LogP contribution >= 0.6 is 0 Å². The van der Waals surface area contributed by atoms with E-state index in [1.165, 1.54) is 0 Å². The number of halogens is 1. The summed E-state index contributed by atoms with van der Waals surface area (Å²) in [5, 5.41) is 0. The monoisotopic (exact) mass is 145 g/mol. The van der Waals surface area contributed by atoms with Crippen LogP contribution < -0.4 is 0 Å². The van der Waals surface area contributed by atoms with Crippen LogP contribution in [0.25, 0.3) is 0 Å². The molecule has 1 heterocycles. The fraction of sp³-hybridized carbons (Fsp3) is 1.00. The van der Waals surface area contributed by atoms with Crippen LogP contribution in [0.1, 0.15) is 19.8 Å². The molecule has 0 radical (unpaired) electrons. The fourth-order valence-electron chi connectivity index (χ4n) is 1.43. The highest BCUT2D eigenvalue weighted by molar-refractivity contribution is 4.73. The third-order valence-electron chi connectivity index (χ3n) is 2.30. The minimum absolute atomic E-state index is 0.268. The molecule has 2 heteroatoms. The first kappa shape index (κ1) is 7.99. The SMILES string of the molecule is CC1CCCN(C)C[C@H]1F. The fourth-order valence-corrected chi connectivity index (χ4v) is 1.43. The number of rotatable bonds is 0. The van der Waals surface area contributed by atoms with Gasteiger partial charge >= 0.3 is 0 Å². The summed E-state index contributed by atoms with van der Waals surface area (Å²) in [4.78, 5) is 2.08. The van der Waals surface area contributed by atoms with Crippen LogP contribution in [0.5, 0.6) is 0 Å². The van der Waals surface area contributed by atoms with E-state index in [0.29, 0.717) is 6.54 Å². The summed E-state index contributed by atoms with van der Waals surface area (Å²) in [6.45, 7) is 3.69. The van der Waals surface area contributed by atoms with Gasteiger partial charge in [-0.25, -0.2) is 4.39 Å². The molecule has 0 aromatic heterocycles. The Balaban J connectivity index is 2.41. The van der Waals surface area contributed by atoms with Gasteiger partial charge in [-0.1, -0.05) is 6.92 Å². The van der Waals surface area contributed by atoms with Crippen molar-refractivity contribution in [1.82, 2.24) is 4.90 Å². The van der Waals surface area contributed by atoms with Gasteiger partial charge in [0.1, 0.15) is 6.17 Å². The zero-order valence-corrected chi connectivity index (χ0v) is 6.81. The van der Waals surface area contributed by atoms with Gasteiger partial charge in [0.15, 0.2) is 0 Å². The van der Waals surface area contributed by atoms with E-state index in [4.69, 9.17) is 0 Å². The summed E-state index contributed by atoms with van der Waals surface area (Å²) in [5.74, 6) is 0.268. The minimum atomic E-state index is -0.604. The van der Waals surface area contributed by atoms with E-state index in [0.717, 1.165) is 19.4 Å². The molecule has 0 aromatic carbocycles. The zero-order valence-electron chi connectivity index (χ0n) is 6.81. The average Bonchev–Trinajstić information content (AvgIpc) is 1.96. The molecule has 0 aromatic rings. The normalized spacial score (nSPS) is 37.5. The molecule has 60 valence electrons. The summed E-state index contributed by atoms with van der Waals surface area (Å²) in [6, 6.07) is 0. The Morgan fingerprint density at radius 3 is 2.90 bits per heavy atom. The molecule has 1 nitrogen and oxygen atoms in total. The Bertz CT molecular complexity index is 105. The number of hydrogen-bond acceptors (Lipinski definition) is 1. The second kappa shape index (κ2) is 3.33. The highest BCUT2D eigenvalue weighted by Gasteiger charge is 2.20. The van der Waals surface area contributed by atoms with Gasteiger partial charge in [0.25, 0.3) is 0 Å². The van der Waals surface area contributed by atoms with Crippen LogP contribution in [0.2, 0.25) is 0 Å². The van der Waals surface area contributed by atoms with Crippen LogP contribution in [0.3, 0.4) is 0 Å². The second-order valence-electron chi connectivity index (χ2n) is 3.40. The summed E-state index contributed by atoms with van der Waals surface area (Å²) in [5.41, 5.74) is 0. The Kier molecular flexibility index (Phi) is 2.66. The highest BCUT2D eigenvalue weighted by Crippen LogP contribution is 2.18. The molecule has 0 saturated carbocycles. The van der Waals surface area contributed by atoms with Crippen LogP contribution in [0.4, 0.5) is 4.39 Å². The summed E-state index contributed by atoms with van der Waals surface area (Å²) in [6.07, 6.45) is 1.59. The first-order valence-electron chi connectivity index (χ1n) is 4.03. The van der Waals surface area contributed by atoms with Crippen molar-refractivity contribution in [3.8, 4) is 0 Å².